The van der Waals surface area contributed by atoms with Crippen LogP contribution in [0.5, 0.6) is 0 Å². The topological polar surface area (TPSA) is 30.7 Å². The van der Waals surface area contributed by atoms with Gasteiger partial charge < -0.3 is 0 Å². The molecule has 0 fully saturated rings. The van der Waals surface area contributed by atoms with Crippen LogP contribution in [0.15, 0.2) is 121 Å². The van der Waals surface area contributed by atoms with Crippen molar-refractivity contribution in [3.05, 3.63) is 127 Å². The second-order valence-corrected chi connectivity index (χ2v) is 12.3. The Morgan fingerprint density at radius 2 is 1.15 bits per heavy atom. The molecular formula is C36H29N3S. The summed E-state index contributed by atoms with van der Waals surface area (Å²) >= 11 is 1.86. The molecule has 2 heterocycles. The summed E-state index contributed by atoms with van der Waals surface area (Å²) < 4.78 is 4.81. The number of aromatic nitrogens is 3. The number of hydrogen-bond acceptors (Lipinski definition) is 3. The Kier molecular flexibility index (Phi) is 5.87. The van der Waals surface area contributed by atoms with Crippen LogP contribution in [0.4, 0.5) is 0 Å². The second-order valence-electron chi connectivity index (χ2n) is 11.2. The van der Waals surface area contributed by atoms with Crippen LogP contribution in [0, 0.1) is 0 Å². The minimum atomic E-state index is 0.0872. The number of rotatable bonds is 4. The molecular weight excluding hydrogens is 506 g/mol. The van der Waals surface area contributed by atoms with E-state index < -0.39 is 0 Å². The summed E-state index contributed by atoms with van der Waals surface area (Å²) in [5, 5.41) is 12.0. The van der Waals surface area contributed by atoms with Crippen molar-refractivity contribution in [3.63, 3.8) is 0 Å². The molecule has 0 atom stereocenters. The molecule has 0 unspecified atom stereocenters. The minimum absolute atomic E-state index is 0.0872. The van der Waals surface area contributed by atoms with Gasteiger partial charge in [-0.1, -0.05) is 124 Å². The highest BCUT2D eigenvalue weighted by Crippen LogP contribution is 2.40. The Morgan fingerprint density at radius 1 is 0.550 bits per heavy atom. The highest BCUT2D eigenvalue weighted by Gasteiger charge is 2.19. The standard InChI is InChI=1S/C36H29N3S/c1-36(2,3)27-20-22-28(23-21-27)39-34(25-10-5-4-6-11-25)37-38-35(39)26-18-16-24(17-19-26)29-13-9-14-31-30-12-7-8-15-32(30)40-33(29)31/h4-23H,1-3H3. The number of thiophene rings is 1. The lowest BCUT2D eigenvalue weighted by Crippen LogP contribution is -2.11. The average Bonchev–Trinajstić information content (AvgIpc) is 3.60. The Morgan fingerprint density at radius 3 is 1.85 bits per heavy atom. The van der Waals surface area contributed by atoms with Crippen molar-refractivity contribution in [2.45, 2.75) is 26.2 Å². The molecule has 194 valence electrons. The van der Waals surface area contributed by atoms with Crippen molar-refractivity contribution < 1.29 is 0 Å². The smallest absolute Gasteiger partial charge is 0.168 e. The van der Waals surface area contributed by atoms with Crippen molar-refractivity contribution in [2.24, 2.45) is 0 Å². The summed E-state index contributed by atoms with van der Waals surface area (Å²) in [6.07, 6.45) is 0. The highest BCUT2D eigenvalue weighted by molar-refractivity contribution is 7.26. The lowest BCUT2D eigenvalue weighted by atomic mass is 9.87. The molecule has 4 heteroatoms. The van der Waals surface area contributed by atoms with Crippen LogP contribution in [-0.2, 0) is 5.41 Å². The summed E-state index contributed by atoms with van der Waals surface area (Å²) in [6.45, 7) is 6.72. The first-order chi connectivity index (χ1) is 19.5. The maximum Gasteiger partial charge on any atom is 0.168 e. The van der Waals surface area contributed by atoms with Crippen LogP contribution < -0.4 is 0 Å². The van der Waals surface area contributed by atoms with Gasteiger partial charge in [0.15, 0.2) is 11.6 Å². The Balaban J connectivity index is 1.33. The zero-order chi connectivity index (χ0) is 27.3. The molecule has 0 aliphatic carbocycles. The Bertz CT molecular complexity index is 1960. The lowest BCUT2D eigenvalue weighted by Gasteiger charge is -2.20. The first kappa shape index (κ1) is 24.5. The molecule has 0 N–H and O–H groups in total. The minimum Gasteiger partial charge on any atom is -0.275 e. The fourth-order valence-electron chi connectivity index (χ4n) is 5.37. The van der Waals surface area contributed by atoms with Crippen molar-refractivity contribution in [3.8, 4) is 39.6 Å². The van der Waals surface area contributed by atoms with Crippen LogP contribution in [0.2, 0.25) is 0 Å². The lowest BCUT2D eigenvalue weighted by molar-refractivity contribution is 0.590. The average molecular weight is 536 g/mol. The summed E-state index contributed by atoms with van der Waals surface area (Å²) in [5.74, 6) is 1.66. The molecule has 0 radical (unpaired) electrons. The van der Waals surface area contributed by atoms with Gasteiger partial charge in [-0.3, -0.25) is 4.57 Å². The van der Waals surface area contributed by atoms with E-state index in [-0.39, 0.29) is 5.41 Å². The van der Waals surface area contributed by atoms with Gasteiger partial charge in [0, 0.05) is 37.0 Å². The number of fused-ring (bicyclic) bond motifs is 3. The third-order valence-electron chi connectivity index (χ3n) is 7.54. The molecule has 5 aromatic carbocycles. The van der Waals surface area contributed by atoms with Crippen molar-refractivity contribution in [1.29, 1.82) is 0 Å². The van der Waals surface area contributed by atoms with Gasteiger partial charge >= 0.3 is 0 Å². The number of nitrogens with zero attached hydrogens (tertiary/aromatic N) is 3. The van der Waals surface area contributed by atoms with E-state index in [9.17, 15) is 0 Å². The van der Waals surface area contributed by atoms with Crippen LogP contribution in [0.3, 0.4) is 0 Å². The van der Waals surface area contributed by atoms with Crippen molar-refractivity contribution in [2.75, 3.05) is 0 Å². The Labute approximate surface area is 238 Å². The van der Waals surface area contributed by atoms with E-state index in [1.807, 2.05) is 29.5 Å². The van der Waals surface area contributed by atoms with E-state index >= 15 is 0 Å². The van der Waals surface area contributed by atoms with Gasteiger partial charge in [0.1, 0.15) is 0 Å². The van der Waals surface area contributed by atoms with E-state index in [4.69, 9.17) is 5.10 Å². The van der Waals surface area contributed by atoms with Crippen molar-refractivity contribution in [1.82, 2.24) is 14.8 Å². The first-order valence-corrected chi connectivity index (χ1v) is 14.4. The molecule has 0 aliphatic rings. The molecule has 7 aromatic rings. The predicted octanol–water partition coefficient (Wildman–Crippen LogP) is 9.93. The summed E-state index contributed by atoms with van der Waals surface area (Å²) in [5.41, 5.74) is 6.96. The second kappa shape index (κ2) is 9.58. The molecule has 3 nitrogen and oxygen atoms in total. The summed E-state index contributed by atoms with van der Waals surface area (Å²) in [6, 6.07) is 43.1. The normalized spacial score (nSPS) is 11.9. The largest absolute Gasteiger partial charge is 0.275 e. The van der Waals surface area contributed by atoms with Gasteiger partial charge in [-0.15, -0.1) is 21.5 Å². The third-order valence-corrected chi connectivity index (χ3v) is 8.76. The Hall–Kier alpha value is -4.54. The van der Waals surface area contributed by atoms with Gasteiger partial charge in [-0.05, 0) is 40.3 Å². The zero-order valence-corrected chi connectivity index (χ0v) is 23.6. The van der Waals surface area contributed by atoms with E-state index in [0.717, 1.165) is 28.5 Å². The van der Waals surface area contributed by atoms with Gasteiger partial charge in [0.05, 0.1) is 0 Å². The molecule has 0 bridgehead atoms. The van der Waals surface area contributed by atoms with Crippen LogP contribution in [0.25, 0.3) is 59.8 Å². The molecule has 2 aromatic heterocycles. The van der Waals surface area contributed by atoms with Crippen LogP contribution in [-0.4, -0.2) is 14.8 Å². The van der Waals surface area contributed by atoms with Crippen molar-refractivity contribution >= 4 is 31.5 Å². The van der Waals surface area contributed by atoms with Crippen LogP contribution in [0.1, 0.15) is 26.3 Å². The summed E-state index contributed by atoms with van der Waals surface area (Å²) in [7, 11) is 0. The molecule has 0 amide bonds. The quantitative estimate of drug-likeness (QED) is 0.224. The van der Waals surface area contributed by atoms with Gasteiger partial charge in [0.2, 0.25) is 0 Å². The fraction of sp³-hybridized carbons (Fsp3) is 0.111. The number of hydrogen-bond donors (Lipinski definition) is 0. The molecule has 40 heavy (non-hydrogen) atoms. The zero-order valence-electron chi connectivity index (χ0n) is 22.8. The van der Waals surface area contributed by atoms with E-state index in [1.54, 1.807) is 0 Å². The van der Waals surface area contributed by atoms with E-state index in [1.165, 1.54) is 36.9 Å². The molecule has 0 saturated carbocycles. The predicted molar refractivity (Wildman–Crippen MR) is 169 cm³/mol. The van der Waals surface area contributed by atoms with E-state index in [0.29, 0.717) is 0 Å². The highest BCUT2D eigenvalue weighted by atomic mass is 32.1. The molecule has 7 rings (SSSR count). The van der Waals surface area contributed by atoms with Crippen LogP contribution >= 0.6 is 11.3 Å². The van der Waals surface area contributed by atoms with Gasteiger partial charge in [-0.2, -0.15) is 0 Å². The maximum atomic E-state index is 4.71. The maximum absolute atomic E-state index is 4.71. The van der Waals surface area contributed by atoms with Gasteiger partial charge in [0.25, 0.3) is 0 Å². The number of benzene rings is 5. The molecule has 0 aliphatic heterocycles. The first-order valence-electron chi connectivity index (χ1n) is 13.6. The fourth-order valence-corrected chi connectivity index (χ4v) is 6.61. The third kappa shape index (κ3) is 4.21. The van der Waals surface area contributed by atoms with Gasteiger partial charge in [-0.25, -0.2) is 0 Å². The summed E-state index contributed by atoms with van der Waals surface area (Å²) in [4.78, 5) is 0. The monoisotopic (exact) mass is 535 g/mol. The molecule has 0 saturated heterocycles. The van der Waals surface area contributed by atoms with E-state index in [2.05, 4.69) is 134 Å². The SMILES string of the molecule is CC(C)(C)c1ccc(-n2c(-c3ccccc3)nnc2-c2ccc(-c3cccc4c3sc3ccccc34)cc2)cc1. The molecule has 0 spiro atoms.